The molecule has 0 aliphatic heterocycles. The van der Waals surface area contributed by atoms with E-state index in [0.717, 1.165) is 17.7 Å². The SMILES string of the molecule is CC(C)(C)Cc1[nH]nc(N)c1-c1ccc(F)cc1Cl. The van der Waals surface area contributed by atoms with Crippen LogP contribution < -0.4 is 5.73 Å². The van der Waals surface area contributed by atoms with Gasteiger partial charge in [0, 0.05) is 16.8 Å². The average molecular weight is 282 g/mol. The summed E-state index contributed by atoms with van der Waals surface area (Å²) in [5, 5.41) is 7.32. The van der Waals surface area contributed by atoms with Crippen LogP contribution >= 0.6 is 11.6 Å². The molecule has 3 N–H and O–H groups in total. The van der Waals surface area contributed by atoms with Crippen LogP contribution in [0.4, 0.5) is 10.2 Å². The van der Waals surface area contributed by atoms with Gasteiger partial charge in [0.25, 0.3) is 0 Å². The quantitative estimate of drug-likeness (QED) is 0.873. The van der Waals surface area contributed by atoms with Crippen LogP contribution in [0.3, 0.4) is 0 Å². The molecule has 19 heavy (non-hydrogen) atoms. The van der Waals surface area contributed by atoms with Crippen molar-refractivity contribution >= 4 is 17.4 Å². The number of aromatic amines is 1. The van der Waals surface area contributed by atoms with E-state index in [1.807, 2.05) is 0 Å². The summed E-state index contributed by atoms with van der Waals surface area (Å²) in [5.74, 6) is 0.0148. The van der Waals surface area contributed by atoms with Crippen molar-refractivity contribution in [1.82, 2.24) is 10.2 Å². The highest BCUT2D eigenvalue weighted by Gasteiger charge is 2.20. The third kappa shape index (κ3) is 3.07. The van der Waals surface area contributed by atoms with Crippen molar-refractivity contribution < 1.29 is 4.39 Å². The van der Waals surface area contributed by atoms with E-state index in [-0.39, 0.29) is 11.2 Å². The Labute approximate surface area is 117 Å². The molecule has 0 atom stereocenters. The molecule has 3 nitrogen and oxygen atoms in total. The number of hydrogen-bond donors (Lipinski definition) is 2. The van der Waals surface area contributed by atoms with Crippen molar-refractivity contribution in [2.75, 3.05) is 5.73 Å². The second kappa shape index (κ2) is 4.85. The maximum atomic E-state index is 13.1. The van der Waals surface area contributed by atoms with E-state index >= 15 is 0 Å². The number of hydrogen-bond acceptors (Lipinski definition) is 2. The van der Waals surface area contributed by atoms with Crippen molar-refractivity contribution in [3.63, 3.8) is 0 Å². The highest BCUT2D eigenvalue weighted by Crippen LogP contribution is 2.36. The van der Waals surface area contributed by atoms with Gasteiger partial charge in [0.05, 0.1) is 5.02 Å². The predicted molar refractivity (Wildman–Crippen MR) is 76.6 cm³/mol. The monoisotopic (exact) mass is 281 g/mol. The van der Waals surface area contributed by atoms with E-state index in [1.54, 1.807) is 6.07 Å². The topological polar surface area (TPSA) is 54.7 Å². The van der Waals surface area contributed by atoms with Crippen LogP contribution in [0.25, 0.3) is 11.1 Å². The molecular formula is C14H17ClFN3. The van der Waals surface area contributed by atoms with Crippen LogP contribution in [0.5, 0.6) is 0 Å². The molecule has 0 bridgehead atoms. The Kier molecular flexibility index (Phi) is 3.54. The molecule has 0 saturated carbocycles. The first-order chi connectivity index (χ1) is 8.78. The van der Waals surface area contributed by atoms with Crippen LogP contribution in [0.15, 0.2) is 18.2 Å². The van der Waals surface area contributed by atoms with Crippen LogP contribution in [-0.2, 0) is 6.42 Å². The van der Waals surface area contributed by atoms with Crippen molar-refractivity contribution in [3.8, 4) is 11.1 Å². The Morgan fingerprint density at radius 2 is 2.05 bits per heavy atom. The number of rotatable bonds is 2. The summed E-state index contributed by atoms with van der Waals surface area (Å²) < 4.78 is 13.1. The van der Waals surface area contributed by atoms with Crippen molar-refractivity contribution in [1.29, 1.82) is 0 Å². The molecule has 0 amide bonds. The number of anilines is 1. The van der Waals surface area contributed by atoms with E-state index in [0.29, 0.717) is 16.4 Å². The molecule has 0 aliphatic rings. The minimum absolute atomic E-state index is 0.0836. The van der Waals surface area contributed by atoms with Crippen LogP contribution in [-0.4, -0.2) is 10.2 Å². The highest BCUT2D eigenvalue weighted by atomic mass is 35.5. The maximum absolute atomic E-state index is 13.1. The molecule has 5 heteroatoms. The minimum atomic E-state index is -0.367. The van der Waals surface area contributed by atoms with Crippen LogP contribution in [0.2, 0.25) is 5.02 Å². The lowest BCUT2D eigenvalue weighted by molar-refractivity contribution is 0.406. The van der Waals surface area contributed by atoms with E-state index < -0.39 is 0 Å². The molecule has 0 spiro atoms. The summed E-state index contributed by atoms with van der Waals surface area (Å²) in [6.45, 7) is 6.38. The Hall–Kier alpha value is -1.55. The fourth-order valence-electron chi connectivity index (χ4n) is 2.05. The van der Waals surface area contributed by atoms with E-state index in [4.69, 9.17) is 17.3 Å². The smallest absolute Gasteiger partial charge is 0.153 e. The number of H-pyrrole nitrogens is 1. The van der Waals surface area contributed by atoms with E-state index in [2.05, 4.69) is 31.0 Å². The predicted octanol–water partition coefficient (Wildman–Crippen LogP) is 4.04. The largest absolute Gasteiger partial charge is 0.382 e. The molecule has 2 aromatic rings. The molecule has 1 aromatic carbocycles. The zero-order valence-electron chi connectivity index (χ0n) is 11.2. The number of nitrogens with one attached hydrogen (secondary N) is 1. The average Bonchev–Trinajstić information content (AvgIpc) is 2.58. The van der Waals surface area contributed by atoms with Gasteiger partial charge in [0.2, 0.25) is 0 Å². The minimum Gasteiger partial charge on any atom is -0.382 e. The van der Waals surface area contributed by atoms with Gasteiger partial charge in [-0.15, -0.1) is 0 Å². The summed E-state index contributed by atoms with van der Waals surface area (Å²) in [7, 11) is 0. The summed E-state index contributed by atoms with van der Waals surface area (Å²) >= 11 is 6.10. The third-order valence-electron chi connectivity index (χ3n) is 2.78. The number of halogens is 2. The number of aromatic nitrogens is 2. The summed E-state index contributed by atoms with van der Waals surface area (Å²) in [6.07, 6.45) is 0.778. The maximum Gasteiger partial charge on any atom is 0.153 e. The standard InChI is InChI=1S/C14H17ClFN3/c1-14(2,3)7-11-12(13(17)19-18-11)9-5-4-8(16)6-10(9)15/h4-6H,7H2,1-3H3,(H3,17,18,19). The molecule has 0 saturated heterocycles. The third-order valence-corrected chi connectivity index (χ3v) is 3.09. The normalized spacial score (nSPS) is 11.8. The molecule has 0 unspecified atom stereocenters. The first kappa shape index (κ1) is 13.9. The molecule has 1 heterocycles. The fraction of sp³-hybridized carbons (Fsp3) is 0.357. The summed E-state index contributed by atoms with van der Waals surface area (Å²) in [5.41, 5.74) is 8.37. The molecule has 1 aromatic heterocycles. The molecule has 0 radical (unpaired) electrons. The highest BCUT2D eigenvalue weighted by molar-refractivity contribution is 6.33. The van der Waals surface area contributed by atoms with Gasteiger partial charge in [-0.05, 0) is 30.0 Å². The fourth-order valence-corrected chi connectivity index (χ4v) is 2.31. The van der Waals surface area contributed by atoms with Gasteiger partial charge in [-0.25, -0.2) is 4.39 Å². The molecule has 2 rings (SSSR count). The Morgan fingerprint density at radius 3 is 2.63 bits per heavy atom. The zero-order valence-corrected chi connectivity index (χ0v) is 12.0. The van der Waals surface area contributed by atoms with Gasteiger partial charge >= 0.3 is 0 Å². The van der Waals surface area contributed by atoms with Crippen molar-refractivity contribution in [2.45, 2.75) is 27.2 Å². The molecule has 0 aliphatic carbocycles. The van der Waals surface area contributed by atoms with Gasteiger partial charge in [-0.3, -0.25) is 5.10 Å². The Balaban J connectivity index is 2.52. The number of benzene rings is 1. The lowest BCUT2D eigenvalue weighted by Crippen LogP contribution is -2.10. The van der Waals surface area contributed by atoms with Gasteiger partial charge in [-0.2, -0.15) is 5.10 Å². The Bertz CT molecular complexity index is 599. The molecule has 102 valence electrons. The second-order valence-corrected chi connectivity index (χ2v) is 6.23. The Morgan fingerprint density at radius 1 is 1.37 bits per heavy atom. The first-order valence-electron chi connectivity index (χ1n) is 6.06. The van der Waals surface area contributed by atoms with E-state index in [1.165, 1.54) is 12.1 Å². The van der Waals surface area contributed by atoms with Crippen LogP contribution in [0.1, 0.15) is 26.5 Å². The number of nitrogens with two attached hydrogens (primary N) is 1. The zero-order chi connectivity index (χ0) is 14.2. The van der Waals surface area contributed by atoms with Crippen molar-refractivity contribution in [3.05, 3.63) is 34.7 Å². The first-order valence-corrected chi connectivity index (χ1v) is 6.44. The summed E-state index contributed by atoms with van der Waals surface area (Å²) in [4.78, 5) is 0. The summed E-state index contributed by atoms with van der Waals surface area (Å²) in [6, 6.07) is 4.28. The molecule has 0 fully saturated rings. The lowest BCUT2D eigenvalue weighted by Gasteiger charge is -2.18. The number of nitrogens with zero attached hydrogens (tertiary/aromatic N) is 1. The van der Waals surface area contributed by atoms with Gasteiger partial charge in [-0.1, -0.05) is 32.4 Å². The van der Waals surface area contributed by atoms with E-state index in [9.17, 15) is 4.39 Å². The van der Waals surface area contributed by atoms with Gasteiger partial charge in [0.15, 0.2) is 5.82 Å². The second-order valence-electron chi connectivity index (χ2n) is 5.82. The van der Waals surface area contributed by atoms with Gasteiger partial charge in [0.1, 0.15) is 5.82 Å². The number of nitrogen functional groups attached to an aromatic ring is 1. The van der Waals surface area contributed by atoms with Crippen LogP contribution in [0, 0.1) is 11.2 Å². The lowest BCUT2D eigenvalue weighted by atomic mass is 9.88. The molecular weight excluding hydrogens is 265 g/mol. The van der Waals surface area contributed by atoms with Gasteiger partial charge < -0.3 is 5.73 Å². The van der Waals surface area contributed by atoms with Crippen molar-refractivity contribution in [2.24, 2.45) is 5.41 Å².